The third-order valence-corrected chi connectivity index (χ3v) is 5.82. The summed E-state index contributed by atoms with van der Waals surface area (Å²) in [6.07, 6.45) is 3.57. The van der Waals surface area contributed by atoms with Gasteiger partial charge in [-0.15, -0.1) is 11.3 Å². The minimum Gasteiger partial charge on any atom is -0.396 e. The van der Waals surface area contributed by atoms with Crippen LogP contribution in [-0.2, 0) is 6.54 Å². The smallest absolute Gasteiger partial charge is 0.315 e. The van der Waals surface area contributed by atoms with Gasteiger partial charge < -0.3 is 15.7 Å². The molecule has 2 fully saturated rings. The quantitative estimate of drug-likeness (QED) is 0.797. The highest BCUT2D eigenvalue weighted by Gasteiger charge is 2.47. The van der Waals surface area contributed by atoms with E-state index in [2.05, 4.69) is 23.6 Å². The zero-order valence-corrected chi connectivity index (χ0v) is 12.6. The molecule has 2 bridgehead atoms. The fraction of sp³-hybridized carbons (Fsp3) is 0.667. The van der Waals surface area contributed by atoms with Crippen molar-refractivity contribution in [2.24, 2.45) is 17.8 Å². The highest BCUT2D eigenvalue weighted by atomic mass is 32.1. The molecule has 4 unspecified atom stereocenters. The van der Waals surface area contributed by atoms with E-state index in [9.17, 15) is 9.90 Å². The average molecular weight is 294 g/mol. The maximum absolute atomic E-state index is 12.0. The Hall–Kier alpha value is -1.07. The maximum Gasteiger partial charge on any atom is 0.315 e. The number of aliphatic hydroxyl groups is 1. The monoisotopic (exact) mass is 294 g/mol. The van der Waals surface area contributed by atoms with Crippen molar-refractivity contribution in [1.29, 1.82) is 0 Å². The first kappa shape index (κ1) is 13.9. The normalized spacial score (nSPS) is 31.5. The van der Waals surface area contributed by atoms with Crippen LogP contribution in [0.2, 0.25) is 0 Å². The topological polar surface area (TPSA) is 61.4 Å². The van der Waals surface area contributed by atoms with E-state index in [4.69, 9.17) is 0 Å². The predicted octanol–water partition coefficient (Wildman–Crippen LogP) is 2.26. The van der Waals surface area contributed by atoms with Crippen LogP contribution in [0.1, 0.15) is 29.0 Å². The zero-order valence-electron chi connectivity index (χ0n) is 11.8. The highest BCUT2D eigenvalue weighted by Crippen LogP contribution is 2.48. The molecule has 0 spiro atoms. The van der Waals surface area contributed by atoms with Crippen molar-refractivity contribution in [3.8, 4) is 0 Å². The van der Waals surface area contributed by atoms with Crippen LogP contribution < -0.4 is 10.6 Å². The molecule has 4 atom stereocenters. The van der Waals surface area contributed by atoms with Gasteiger partial charge in [-0.25, -0.2) is 4.79 Å². The number of urea groups is 1. The van der Waals surface area contributed by atoms with Crippen LogP contribution in [0.3, 0.4) is 0 Å². The van der Waals surface area contributed by atoms with Gasteiger partial charge in [-0.3, -0.25) is 0 Å². The second kappa shape index (κ2) is 5.74. The van der Waals surface area contributed by atoms with Gasteiger partial charge in [-0.2, -0.15) is 0 Å². The summed E-state index contributed by atoms with van der Waals surface area (Å²) in [5.74, 6) is 1.42. The summed E-state index contributed by atoms with van der Waals surface area (Å²) in [5, 5.41) is 15.5. The Balaban J connectivity index is 1.51. The van der Waals surface area contributed by atoms with Crippen LogP contribution in [-0.4, -0.2) is 23.8 Å². The van der Waals surface area contributed by atoms with Gasteiger partial charge in [-0.1, -0.05) is 0 Å². The number of aryl methyl sites for hydroxylation is 1. The van der Waals surface area contributed by atoms with Crippen molar-refractivity contribution in [3.63, 3.8) is 0 Å². The largest absolute Gasteiger partial charge is 0.396 e. The molecule has 5 heteroatoms. The number of aliphatic hydroxyl groups excluding tert-OH is 1. The second-order valence-electron chi connectivity index (χ2n) is 6.04. The first-order valence-electron chi connectivity index (χ1n) is 7.38. The predicted molar refractivity (Wildman–Crippen MR) is 79.6 cm³/mol. The minimum absolute atomic E-state index is 0.105. The Bertz CT molecular complexity index is 488. The molecule has 20 heavy (non-hydrogen) atoms. The first-order valence-corrected chi connectivity index (χ1v) is 8.19. The lowest BCUT2D eigenvalue weighted by Crippen LogP contribution is -2.48. The fourth-order valence-electron chi connectivity index (χ4n) is 3.85. The van der Waals surface area contributed by atoms with Gasteiger partial charge in [0.25, 0.3) is 0 Å². The summed E-state index contributed by atoms with van der Waals surface area (Å²) in [7, 11) is 0. The molecule has 4 nitrogen and oxygen atoms in total. The van der Waals surface area contributed by atoms with Gasteiger partial charge in [0.1, 0.15) is 0 Å². The number of rotatable bonds is 4. The summed E-state index contributed by atoms with van der Waals surface area (Å²) in [6, 6.07) is 4.17. The lowest BCUT2D eigenvalue weighted by atomic mass is 9.85. The molecule has 2 aliphatic carbocycles. The fourth-order valence-corrected chi connectivity index (χ4v) is 4.68. The zero-order chi connectivity index (χ0) is 14.1. The summed E-state index contributed by atoms with van der Waals surface area (Å²) in [4.78, 5) is 14.4. The summed E-state index contributed by atoms with van der Waals surface area (Å²) in [6.45, 7) is 2.83. The van der Waals surface area contributed by atoms with Crippen molar-refractivity contribution in [3.05, 3.63) is 21.9 Å². The lowest BCUT2D eigenvalue weighted by molar-refractivity contribution is 0.144. The molecular weight excluding hydrogens is 272 g/mol. The Morgan fingerprint density at radius 3 is 2.90 bits per heavy atom. The Labute approximate surface area is 123 Å². The number of carbonyl (C=O) groups is 1. The maximum atomic E-state index is 12.0. The van der Waals surface area contributed by atoms with Crippen LogP contribution >= 0.6 is 11.3 Å². The molecular formula is C15H22N2O2S. The standard InChI is InChI=1S/C15H22N2O2S/c1-9-2-5-12(20-9)7-16-15(19)17-14-11-4-3-10(6-11)13(14)8-18/h2,5,10-11,13-14,18H,3-4,6-8H2,1H3,(H2,16,17,19). The van der Waals surface area contributed by atoms with E-state index in [0.29, 0.717) is 18.4 Å². The van der Waals surface area contributed by atoms with Gasteiger partial charge in [0, 0.05) is 28.3 Å². The molecule has 0 saturated heterocycles. The van der Waals surface area contributed by atoms with Gasteiger partial charge in [0.2, 0.25) is 0 Å². The van der Waals surface area contributed by atoms with E-state index in [-0.39, 0.29) is 24.6 Å². The number of nitrogens with one attached hydrogen (secondary N) is 2. The number of fused-ring (bicyclic) bond motifs is 2. The van der Waals surface area contributed by atoms with Gasteiger partial charge in [0.15, 0.2) is 0 Å². The molecule has 3 N–H and O–H groups in total. The first-order chi connectivity index (χ1) is 9.67. The van der Waals surface area contributed by atoms with E-state index >= 15 is 0 Å². The van der Waals surface area contributed by atoms with Crippen molar-refractivity contribution in [1.82, 2.24) is 10.6 Å². The van der Waals surface area contributed by atoms with Gasteiger partial charge in [0.05, 0.1) is 6.54 Å². The Morgan fingerprint density at radius 1 is 1.40 bits per heavy atom. The van der Waals surface area contributed by atoms with Crippen LogP contribution in [0.15, 0.2) is 12.1 Å². The van der Waals surface area contributed by atoms with E-state index in [1.807, 2.05) is 6.07 Å². The van der Waals surface area contributed by atoms with Crippen molar-refractivity contribution in [2.45, 2.75) is 38.8 Å². The SMILES string of the molecule is Cc1ccc(CNC(=O)NC2C3CCC(C3)C2CO)s1. The number of amides is 2. The molecule has 0 radical (unpaired) electrons. The number of hydrogen-bond acceptors (Lipinski definition) is 3. The molecule has 2 amide bonds. The molecule has 2 aliphatic rings. The van der Waals surface area contributed by atoms with E-state index in [0.717, 1.165) is 0 Å². The van der Waals surface area contributed by atoms with Gasteiger partial charge in [-0.05, 0) is 50.2 Å². The lowest BCUT2D eigenvalue weighted by Gasteiger charge is -2.30. The Morgan fingerprint density at radius 2 is 2.20 bits per heavy atom. The molecule has 1 aromatic heterocycles. The molecule has 0 aromatic carbocycles. The average Bonchev–Trinajstić information content (AvgIpc) is 3.12. The van der Waals surface area contributed by atoms with Crippen LogP contribution in [0.25, 0.3) is 0 Å². The molecule has 3 rings (SSSR count). The van der Waals surface area contributed by atoms with Crippen LogP contribution in [0.4, 0.5) is 4.79 Å². The minimum atomic E-state index is -0.105. The summed E-state index contributed by atoms with van der Waals surface area (Å²) < 4.78 is 0. The molecule has 2 saturated carbocycles. The van der Waals surface area contributed by atoms with E-state index in [1.54, 1.807) is 11.3 Å². The van der Waals surface area contributed by atoms with Crippen LogP contribution in [0, 0.1) is 24.7 Å². The van der Waals surface area contributed by atoms with Crippen molar-refractivity contribution in [2.75, 3.05) is 6.61 Å². The van der Waals surface area contributed by atoms with Gasteiger partial charge >= 0.3 is 6.03 Å². The van der Waals surface area contributed by atoms with Crippen molar-refractivity contribution >= 4 is 17.4 Å². The summed E-state index contributed by atoms with van der Waals surface area (Å²) in [5.41, 5.74) is 0. The van der Waals surface area contributed by atoms with Crippen LogP contribution in [0.5, 0.6) is 0 Å². The summed E-state index contributed by atoms with van der Waals surface area (Å²) >= 11 is 1.71. The third-order valence-electron chi connectivity index (χ3n) is 4.82. The second-order valence-corrected chi connectivity index (χ2v) is 7.42. The molecule has 1 heterocycles. The number of hydrogen-bond donors (Lipinski definition) is 3. The molecule has 1 aromatic rings. The number of thiophene rings is 1. The number of carbonyl (C=O) groups excluding carboxylic acids is 1. The van der Waals surface area contributed by atoms with Crippen molar-refractivity contribution < 1.29 is 9.90 Å². The Kier molecular flexibility index (Phi) is 3.98. The third kappa shape index (κ3) is 2.69. The molecule has 0 aliphatic heterocycles. The van der Waals surface area contributed by atoms with E-state index < -0.39 is 0 Å². The molecule has 110 valence electrons. The van der Waals surface area contributed by atoms with E-state index in [1.165, 1.54) is 29.0 Å². The highest BCUT2D eigenvalue weighted by molar-refractivity contribution is 7.11.